The first-order valence-corrected chi connectivity index (χ1v) is 6.92. The van der Waals surface area contributed by atoms with E-state index in [1.807, 2.05) is 0 Å². The molecule has 0 saturated carbocycles. The molecule has 0 saturated heterocycles. The maximum atomic E-state index is 12.0. The van der Waals surface area contributed by atoms with Crippen LogP contribution in [0.25, 0.3) is 0 Å². The fraction of sp³-hybridized carbons (Fsp3) is 1.00. The third-order valence-corrected chi connectivity index (χ3v) is 4.58. The van der Waals surface area contributed by atoms with Crippen molar-refractivity contribution in [1.29, 1.82) is 0 Å². The molecule has 0 N–H and O–H groups in total. The van der Waals surface area contributed by atoms with Crippen LogP contribution in [0.5, 0.6) is 0 Å². The average molecular weight is 372 g/mol. The van der Waals surface area contributed by atoms with Gasteiger partial charge in [0.25, 0.3) is 0 Å². The van der Waals surface area contributed by atoms with Gasteiger partial charge in [0.1, 0.15) is 0 Å². The second kappa shape index (κ2) is 3.00. The summed E-state index contributed by atoms with van der Waals surface area (Å²) in [5, 5.41) is 0. The Kier molecular flexibility index (Phi) is 2.99. The first kappa shape index (κ1) is 15.0. The molecule has 0 atom stereocenters. The molecule has 0 bridgehead atoms. The Hall–Kier alpha value is -0.0400. The molecule has 0 spiro atoms. The normalized spacial score (nSPS) is 18.5. The third-order valence-electron chi connectivity index (χ3n) is 1.11. The van der Waals surface area contributed by atoms with Crippen LogP contribution in [0, 0.1) is 0 Å². The van der Waals surface area contributed by atoms with Gasteiger partial charge < -0.3 is 0 Å². The Balaban J connectivity index is 5.91. The van der Waals surface area contributed by atoms with Crippen molar-refractivity contribution in [3.63, 3.8) is 0 Å². The van der Waals surface area contributed by atoms with Gasteiger partial charge in [-0.05, 0) is 0 Å². The van der Waals surface area contributed by atoms with Crippen molar-refractivity contribution in [2.45, 2.75) is 16.0 Å². The molecule has 0 aliphatic rings. The van der Waals surface area contributed by atoms with Crippen LogP contribution in [0.1, 0.15) is 0 Å². The number of hydrogen-bond donors (Lipinski definition) is 0. The molecule has 0 aromatic carbocycles. The average Bonchev–Trinajstić information content (AvgIpc) is 1.75. The molecule has 0 heterocycles. The predicted octanol–water partition coefficient (Wildman–Crippen LogP) is 4.89. The monoisotopic (exact) mass is 372 g/mol. The van der Waals surface area contributed by atoms with E-state index < -0.39 is 35.4 Å². The van der Waals surface area contributed by atoms with Crippen LogP contribution < -0.4 is 0 Å². The first-order valence-electron chi connectivity index (χ1n) is 2.58. The fourth-order valence-electron chi connectivity index (χ4n) is 0.485. The molecule has 0 aliphatic heterocycles. The Morgan fingerprint density at radius 1 is 0.533 bits per heavy atom. The van der Waals surface area contributed by atoms with E-state index in [0.29, 0.717) is 0 Å². The van der Waals surface area contributed by atoms with E-state index in [1.165, 1.54) is 0 Å². The van der Waals surface area contributed by atoms with Crippen LogP contribution in [0.4, 0.5) is 42.2 Å². The first-order chi connectivity index (χ1) is 6.01. The number of hydrogen-bond acceptors (Lipinski definition) is 0. The number of alkyl halides is 8. The van der Waals surface area contributed by atoms with Crippen molar-refractivity contribution in [2.24, 2.45) is 0 Å². The molecule has 0 amide bonds. The molecule has 0 unspecified atom stereocenters. The zero-order chi connectivity index (χ0) is 12.9. The molecule has 0 rings (SSSR count). The molecule has 0 radical (unpaired) electrons. The molecule has 0 aromatic rings. The van der Waals surface area contributed by atoms with Crippen molar-refractivity contribution < 1.29 is 42.2 Å². The van der Waals surface area contributed by atoms with Crippen LogP contribution >= 0.6 is 19.3 Å². The summed E-state index contributed by atoms with van der Waals surface area (Å²) in [4.78, 5) is 0. The summed E-state index contributed by atoms with van der Waals surface area (Å²) in [7, 11) is 0. The van der Waals surface area contributed by atoms with E-state index in [-0.39, 0.29) is 0 Å². The molecular formula is C3F11I. The minimum absolute atomic E-state index is 7.42. The second-order valence-electron chi connectivity index (χ2n) is 2.18. The van der Waals surface area contributed by atoms with Gasteiger partial charge in [0.15, 0.2) is 0 Å². The molecule has 15 heavy (non-hydrogen) atoms. The zero-order valence-electron chi connectivity index (χ0n) is 6.04. The Labute approximate surface area is 78.2 Å². The van der Waals surface area contributed by atoms with Gasteiger partial charge in [0.2, 0.25) is 0 Å². The van der Waals surface area contributed by atoms with Crippen molar-refractivity contribution in [3.8, 4) is 0 Å². The van der Waals surface area contributed by atoms with Crippen LogP contribution in [0.15, 0.2) is 0 Å². The summed E-state index contributed by atoms with van der Waals surface area (Å²) in [5.74, 6) is 0. The van der Waals surface area contributed by atoms with Crippen molar-refractivity contribution in [3.05, 3.63) is 0 Å². The van der Waals surface area contributed by atoms with E-state index in [1.54, 1.807) is 0 Å². The SMILES string of the molecule is FC(F)(F)C(F)(C(F)(F)F)I(F)(F)(F)F. The van der Waals surface area contributed by atoms with Crippen LogP contribution in [-0.2, 0) is 0 Å². The fourth-order valence-corrected chi connectivity index (χ4v) is 2.33. The van der Waals surface area contributed by atoms with Gasteiger partial charge >= 0.3 is 77.5 Å². The van der Waals surface area contributed by atoms with Crippen LogP contribution in [0.2, 0.25) is 0 Å². The number of rotatable bonds is 1. The van der Waals surface area contributed by atoms with Crippen molar-refractivity contribution in [2.75, 3.05) is 0 Å². The van der Waals surface area contributed by atoms with Gasteiger partial charge in [-0.3, -0.25) is 0 Å². The summed E-state index contributed by atoms with van der Waals surface area (Å²) < 4.78 is 118. The van der Waals surface area contributed by atoms with Gasteiger partial charge in [0, 0.05) is 0 Å². The van der Waals surface area contributed by atoms with Crippen LogP contribution in [-0.4, -0.2) is 16.0 Å². The molecule has 0 fully saturated rings. The number of halogens is 12. The summed E-state index contributed by atoms with van der Waals surface area (Å²) in [6.07, 6.45) is -14.8. The van der Waals surface area contributed by atoms with E-state index in [0.717, 1.165) is 0 Å². The zero-order valence-corrected chi connectivity index (χ0v) is 8.19. The van der Waals surface area contributed by atoms with E-state index in [2.05, 4.69) is 0 Å². The summed E-state index contributed by atoms with van der Waals surface area (Å²) in [5.41, 5.74) is 0. The maximum absolute atomic E-state index is 12.0. The van der Waals surface area contributed by atoms with Gasteiger partial charge in [-0.1, -0.05) is 0 Å². The quantitative estimate of drug-likeness (QED) is 0.349. The second-order valence-corrected chi connectivity index (χ2v) is 7.15. The van der Waals surface area contributed by atoms with E-state index >= 15 is 0 Å². The standard InChI is InChI=1S/C3F11I/c4-1(2(5,6)7,3(8,9)10)15(11,12,13)14. The minimum atomic E-state index is -11.2. The summed E-state index contributed by atoms with van der Waals surface area (Å²) in [6, 6.07) is 0. The van der Waals surface area contributed by atoms with Crippen LogP contribution in [0.3, 0.4) is 0 Å². The van der Waals surface area contributed by atoms with E-state index in [4.69, 9.17) is 0 Å². The predicted molar refractivity (Wildman–Crippen MR) is 34.4 cm³/mol. The molecule has 0 nitrogen and oxygen atoms in total. The molecule has 96 valence electrons. The molecule has 12 heteroatoms. The Morgan fingerprint density at radius 3 is 0.733 bits per heavy atom. The van der Waals surface area contributed by atoms with Gasteiger partial charge in [0.05, 0.1) is 0 Å². The van der Waals surface area contributed by atoms with E-state index in [9.17, 15) is 42.2 Å². The van der Waals surface area contributed by atoms with Gasteiger partial charge in [-0.25, -0.2) is 0 Å². The topological polar surface area (TPSA) is 0 Å². The molecule has 0 aromatic heterocycles. The Morgan fingerprint density at radius 2 is 0.733 bits per heavy atom. The van der Waals surface area contributed by atoms with Crippen molar-refractivity contribution >= 4 is 19.3 Å². The molecule has 0 aliphatic carbocycles. The third kappa shape index (κ3) is 2.22. The van der Waals surface area contributed by atoms with Gasteiger partial charge in [-0.15, -0.1) is 0 Å². The summed E-state index contributed by atoms with van der Waals surface area (Å²) in [6.45, 7) is 0. The Bertz CT molecular complexity index is 226. The molecular weight excluding hydrogens is 372 g/mol. The van der Waals surface area contributed by atoms with Gasteiger partial charge in [-0.2, -0.15) is 0 Å². The summed E-state index contributed by atoms with van der Waals surface area (Å²) >= 11 is -11.2. The van der Waals surface area contributed by atoms with Crippen molar-refractivity contribution in [1.82, 2.24) is 0 Å².